The lowest BCUT2D eigenvalue weighted by Gasteiger charge is -2.09. The third-order valence-corrected chi connectivity index (χ3v) is 5.95. The molecule has 0 saturated heterocycles. The molecular formula is C24H17NO2S. The van der Waals surface area contributed by atoms with E-state index in [1.807, 2.05) is 42.5 Å². The van der Waals surface area contributed by atoms with Gasteiger partial charge in [-0.3, -0.25) is 0 Å². The molecule has 3 nitrogen and oxygen atoms in total. The van der Waals surface area contributed by atoms with Gasteiger partial charge in [-0.05, 0) is 47.0 Å². The van der Waals surface area contributed by atoms with Crippen molar-refractivity contribution in [2.75, 3.05) is 0 Å². The van der Waals surface area contributed by atoms with Gasteiger partial charge in [0.15, 0.2) is 0 Å². The molecule has 0 radical (unpaired) electrons. The van der Waals surface area contributed by atoms with E-state index >= 15 is 0 Å². The number of thioether (sulfide) groups is 1. The average Bonchev–Trinajstić information content (AvgIpc) is 2.71. The summed E-state index contributed by atoms with van der Waals surface area (Å²) in [6.07, 6.45) is 0. The molecule has 5 rings (SSSR count). The first-order chi connectivity index (χ1) is 13.7. The van der Waals surface area contributed by atoms with Crippen LogP contribution in [0.5, 0.6) is 0 Å². The number of fused-ring (bicyclic) bond motifs is 4. The summed E-state index contributed by atoms with van der Waals surface area (Å²) in [5.41, 5.74) is 3.48. The average molecular weight is 383 g/mol. The fourth-order valence-corrected chi connectivity index (χ4v) is 4.63. The van der Waals surface area contributed by atoms with Crippen molar-refractivity contribution in [2.24, 2.45) is 0 Å². The molecule has 0 unspecified atom stereocenters. The quantitative estimate of drug-likeness (QED) is 0.215. The molecule has 5 aromatic rings. The van der Waals surface area contributed by atoms with E-state index < -0.39 is 0 Å². The van der Waals surface area contributed by atoms with Crippen LogP contribution >= 0.6 is 11.8 Å². The number of pyridine rings is 1. The van der Waals surface area contributed by atoms with Gasteiger partial charge in [0.25, 0.3) is 0 Å². The lowest BCUT2D eigenvalue weighted by Crippen LogP contribution is -2.00. The Morgan fingerprint density at radius 2 is 1.71 bits per heavy atom. The molecular weight excluding hydrogens is 366 g/mol. The van der Waals surface area contributed by atoms with Crippen LogP contribution in [0.1, 0.15) is 11.1 Å². The molecule has 0 amide bonds. The molecule has 28 heavy (non-hydrogen) atoms. The van der Waals surface area contributed by atoms with Crippen LogP contribution in [-0.2, 0) is 5.75 Å². The second-order valence-electron chi connectivity index (χ2n) is 6.83. The van der Waals surface area contributed by atoms with Gasteiger partial charge < -0.3 is 4.42 Å². The predicted octanol–water partition coefficient (Wildman–Crippen LogP) is 6.10. The number of rotatable bonds is 3. The van der Waals surface area contributed by atoms with E-state index in [-0.39, 0.29) is 5.63 Å². The van der Waals surface area contributed by atoms with E-state index in [9.17, 15) is 4.79 Å². The molecule has 4 heteroatoms. The predicted molar refractivity (Wildman–Crippen MR) is 116 cm³/mol. The molecule has 0 fully saturated rings. The maximum Gasteiger partial charge on any atom is 0.336 e. The zero-order chi connectivity index (χ0) is 19.1. The standard InChI is InChI=1S/C24H17NO2S/c1-15-12-22(25-20-9-5-4-7-18(15)20)28-14-17-13-23(26)27-21-11-10-16-6-2-3-8-19(16)24(17)21/h2-13H,14H2,1H3. The van der Waals surface area contributed by atoms with Gasteiger partial charge in [0.1, 0.15) is 5.58 Å². The summed E-state index contributed by atoms with van der Waals surface area (Å²) in [4.78, 5) is 16.9. The first-order valence-electron chi connectivity index (χ1n) is 9.13. The molecule has 3 aromatic carbocycles. The maximum absolute atomic E-state index is 12.1. The topological polar surface area (TPSA) is 43.1 Å². The molecule has 2 heterocycles. The molecule has 136 valence electrons. The largest absolute Gasteiger partial charge is 0.423 e. The zero-order valence-corrected chi connectivity index (χ0v) is 16.1. The van der Waals surface area contributed by atoms with Crippen LogP contribution in [0, 0.1) is 6.92 Å². The van der Waals surface area contributed by atoms with Crippen molar-refractivity contribution in [2.45, 2.75) is 17.7 Å². The zero-order valence-electron chi connectivity index (χ0n) is 15.3. The Bertz CT molecular complexity index is 1400. The van der Waals surface area contributed by atoms with Crippen molar-refractivity contribution in [1.82, 2.24) is 4.98 Å². The Morgan fingerprint density at radius 3 is 2.61 bits per heavy atom. The van der Waals surface area contributed by atoms with Crippen LogP contribution in [-0.4, -0.2) is 4.98 Å². The smallest absolute Gasteiger partial charge is 0.336 e. The van der Waals surface area contributed by atoms with Gasteiger partial charge in [-0.2, -0.15) is 0 Å². The Balaban J connectivity index is 1.60. The SMILES string of the molecule is Cc1cc(SCc2cc(=O)oc3ccc4ccccc4c23)nc2ccccc12. The van der Waals surface area contributed by atoms with Gasteiger partial charge in [-0.25, -0.2) is 9.78 Å². The molecule has 0 aliphatic heterocycles. The number of benzene rings is 3. The van der Waals surface area contributed by atoms with Crippen LogP contribution in [0.2, 0.25) is 0 Å². The molecule has 2 aromatic heterocycles. The Kier molecular flexibility index (Phi) is 4.14. The Morgan fingerprint density at radius 1 is 0.929 bits per heavy atom. The fraction of sp³-hybridized carbons (Fsp3) is 0.0833. The summed E-state index contributed by atoms with van der Waals surface area (Å²) in [6, 6.07) is 23.9. The van der Waals surface area contributed by atoms with E-state index in [0.717, 1.165) is 32.3 Å². The Labute approximate surface area is 166 Å². The maximum atomic E-state index is 12.1. The van der Waals surface area contributed by atoms with Crippen molar-refractivity contribution in [3.63, 3.8) is 0 Å². The number of aromatic nitrogens is 1. The van der Waals surface area contributed by atoms with Gasteiger partial charge >= 0.3 is 5.63 Å². The summed E-state index contributed by atoms with van der Waals surface area (Å²) >= 11 is 1.64. The first kappa shape index (κ1) is 17.0. The van der Waals surface area contributed by atoms with Crippen LogP contribution in [0.4, 0.5) is 0 Å². The summed E-state index contributed by atoms with van der Waals surface area (Å²) in [5, 5.41) is 5.36. The molecule has 0 bridgehead atoms. The summed E-state index contributed by atoms with van der Waals surface area (Å²) in [7, 11) is 0. The minimum atomic E-state index is -0.318. The summed E-state index contributed by atoms with van der Waals surface area (Å²) < 4.78 is 5.46. The number of hydrogen-bond donors (Lipinski definition) is 0. The Hall–Kier alpha value is -3.11. The van der Waals surface area contributed by atoms with Gasteiger partial charge in [-0.15, -0.1) is 11.8 Å². The van der Waals surface area contributed by atoms with Crippen LogP contribution in [0.25, 0.3) is 32.6 Å². The molecule has 0 aliphatic rings. The second kappa shape index (κ2) is 6.80. The van der Waals surface area contributed by atoms with E-state index in [4.69, 9.17) is 9.40 Å². The minimum Gasteiger partial charge on any atom is -0.423 e. The van der Waals surface area contributed by atoms with Crippen molar-refractivity contribution in [3.05, 3.63) is 94.3 Å². The van der Waals surface area contributed by atoms with Crippen molar-refractivity contribution in [3.8, 4) is 0 Å². The highest BCUT2D eigenvalue weighted by Gasteiger charge is 2.11. The molecule has 0 saturated carbocycles. The second-order valence-corrected chi connectivity index (χ2v) is 7.83. The normalized spacial score (nSPS) is 11.5. The molecule has 0 N–H and O–H groups in total. The number of nitrogens with zero attached hydrogens (tertiary/aromatic N) is 1. The van der Waals surface area contributed by atoms with E-state index in [0.29, 0.717) is 11.3 Å². The van der Waals surface area contributed by atoms with Gasteiger partial charge in [0.05, 0.1) is 10.5 Å². The lowest BCUT2D eigenvalue weighted by molar-refractivity contribution is 0.560. The summed E-state index contributed by atoms with van der Waals surface area (Å²) in [5.74, 6) is 0.654. The minimum absolute atomic E-state index is 0.318. The van der Waals surface area contributed by atoms with E-state index in [1.165, 1.54) is 10.9 Å². The third kappa shape index (κ3) is 2.96. The number of para-hydroxylation sites is 1. The van der Waals surface area contributed by atoms with Crippen LogP contribution in [0.15, 0.2) is 87.0 Å². The van der Waals surface area contributed by atoms with Crippen molar-refractivity contribution in [1.29, 1.82) is 0 Å². The lowest BCUT2D eigenvalue weighted by atomic mass is 10.0. The number of aryl methyl sites for hydroxylation is 1. The molecule has 0 spiro atoms. The molecule has 0 atom stereocenters. The van der Waals surface area contributed by atoms with Gasteiger partial charge in [-0.1, -0.05) is 48.5 Å². The highest BCUT2D eigenvalue weighted by molar-refractivity contribution is 7.98. The third-order valence-electron chi connectivity index (χ3n) is 4.99. The molecule has 0 aliphatic carbocycles. The van der Waals surface area contributed by atoms with E-state index in [1.54, 1.807) is 17.8 Å². The van der Waals surface area contributed by atoms with Crippen LogP contribution in [0.3, 0.4) is 0 Å². The monoisotopic (exact) mass is 383 g/mol. The van der Waals surface area contributed by atoms with E-state index in [2.05, 4.69) is 31.2 Å². The summed E-state index contributed by atoms with van der Waals surface area (Å²) in [6.45, 7) is 2.11. The highest BCUT2D eigenvalue weighted by Crippen LogP contribution is 2.32. The van der Waals surface area contributed by atoms with Gasteiger partial charge in [0, 0.05) is 22.6 Å². The van der Waals surface area contributed by atoms with Gasteiger partial charge in [0.2, 0.25) is 0 Å². The van der Waals surface area contributed by atoms with Crippen LogP contribution < -0.4 is 5.63 Å². The number of hydrogen-bond acceptors (Lipinski definition) is 4. The van der Waals surface area contributed by atoms with Crippen molar-refractivity contribution < 1.29 is 4.42 Å². The highest BCUT2D eigenvalue weighted by atomic mass is 32.2. The first-order valence-corrected chi connectivity index (χ1v) is 10.1. The fourth-order valence-electron chi connectivity index (χ4n) is 3.68. The van der Waals surface area contributed by atoms with Crippen molar-refractivity contribution >= 4 is 44.4 Å².